The van der Waals surface area contributed by atoms with Gasteiger partial charge in [0.25, 0.3) is 5.24 Å². The third-order valence-corrected chi connectivity index (χ3v) is 2.81. The van der Waals surface area contributed by atoms with Crippen LogP contribution in [0.5, 0.6) is 0 Å². The van der Waals surface area contributed by atoms with Gasteiger partial charge in [0.1, 0.15) is 0 Å². The zero-order valence-corrected chi connectivity index (χ0v) is 10.3. The predicted octanol–water partition coefficient (Wildman–Crippen LogP) is 2.00. The number of nitrogens with one attached hydrogen (secondary N) is 1. The van der Waals surface area contributed by atoms with E-state index in [1.54, 1.807) is 6.26 Å². The van der Waals surface area contributed by atoms with Crippen molar-refractivity contribution in [3.05, 3.63) is 0 Å². The van der Waals surface area contributed by atoms with E-state index in [0.29, 0.717) is 0 Å². The van der Waals surface area contributed by atoms with Crippen molar-refractivity contribution in [2.45, 2.75) is 30.9 Å². The number of rotatable bonds is 3. The minimum atomic E-state index is -1.03. The summed E-state index contributed by atoms with van der Waals surface area (Å²) in [6.07, 6.45) is 1.64. The van der Waals surface area contributed by atoms with E-state index in [-0.39, 0.29) is 9.99 Å². The SMILES string of the molecule is CSC(NC(=O)SC(C)(C)C)C(=O)O. The molecule has 0 saturated heterocycles. The molecule has 0 spiro atoms. The Bertz CT molecular complexity index is 225. The molecule has 0 aromatic heterocycles. The Balaban J connectivity index is 4.11. The minimum absolute atomic E-state index is 0.203. The predicted molar refractivity (Wildman–Crippen MR) is 60.8 cm³/mol. The lowest BCUT2D eigenvalue weighted by molar-refractivity contribution is -0.136. The topological polar surface area (TPSA) is 66.4 Å². The molecule has 6 heteroatoms. The second-order valence-electron chi connectivity index (χ2n) is 3.60. The van der Waals surface area contributed by atoms with Gasteiger partial charge in [0.05, 0.1) is 0 Å². The molecule has 0 aromatic carbocycles. The van der Waals surface area contributed by atoms with Crippen LogP contribution in [0.25, 0.3) is 0 Å². The van der Waals surface area contributed by atoms with Crippen LogP contribution in [-0.4, -0.2) is 32.7 Å². The zero-order chi connectivity index (χ0) is 11.4. The summed E-state index contributed by atoms with van der Waals surface area (Å²) in [4.78, 5) is 21.9. The lowest BCUT2D eigenvalue weighted by Gasteiger charge is -2.18. The molecule has 82 valence electrons. The highest BCUT2D eigenvalue weighted by atomic mass is 32.2. The number of amides is 1. The molecule has 0 heterocycles. The fraction of sp³-hybridized carbons (Fsp3) is 0.750. The summed E-state index contributed by atoms with van der Waals surface area (Å²) in [5, 5.41) is 9.92. The molecule has 0 aromatic rings. The smallest absolute Gasteiger partial charge is 0.336 e. The normalized spacial score (nSPS) is 13.4. The molecule has 4 nitrogen and oxygen atoms in total. The average Bonchev–Trinajstić information content (AvgIpc) is 1.96. The van der Waals surface area contributed by atoms with Crippen molar-refractivity contribution < 1.29 is 14.7 Å². The van der Waals surface area contributed by atoms with Crippen LogP contribution in [0.1, 0.15) is 20.8 Å². The maximum atomic E-state index is 11.3. The van der Waals surface area contributed by atoms with E-state index in [1.807, 2.05) is 20.8 Å². The average molecular weight is 237 g/mol. The maximum Gasteiger partial charge on any atom is 0.336 e. The van der Waals surface area contributed by atoms with Crippen molar-refractivity contribution in [2.24, 2.45) is 0 Å². The molecule has 1 atom stereocenters. The molecular formula is C8H15NO3S2. The van der Waals surface area contributed by atoms with E-state index in [9.17, 15) is 9.59 Å². The fourth-order valence-corrected chi connectivity index (χ4v) is 1.87. The van der Waals surface area contributed by atoms with Crippen LogP contribution in [-0.2, 0) is 4.79 Å². The molecule has 1 unspecified atom stereocenters. The van der Waals surface area contributed by atoms with Gasteiger partial charge in [-0.1, -0.05) is 32.5 Å². The maximum absolute atomic E-state index is 11.3. The Hall–Kier alpha value is -0.360. The zero-order valence-electron chi connectivity index (χ0n) is 8.66. The summed E-state index contributed by atoms with van der Waals surface area (Å²) in [6, 6.07) is 0. The first-order chi connectivity index (χ1) is 6.26. The van der Waals surface area contributed by atoms with Crippen molar-refractivity contribution in [2.75, 3.05) is 6.26 Å². The highest BCUT2D eigenvalue weighted by Crippen LogP contribution is 2.24. The lowest BCUT2D eigenvalue weighted by Crippen LogP contribution is -2.37. The van der Waals surface area contributed by atoms with Crippen molar-refractivity contribution in [3.8, 4) is 0 Å². The summed E-state index contributed by atoms with van der Waals surface area (Å²) in [6.45, 7) is 5.68. The number of hydrogen-bond acceptors (Lipinski definition) is 4. The molecule has 1 amide bonds. The van der Waals surface area contributed by atoms with E-state index in [4.69, 9.17) is 5.11 Å². The van der Waals surface area contributed by atoms with E-state index in [2.05, 4.69) is 5.32 Å². The molecule has 0 radical (unpaired) electrons. The summed E-state index contributed by atoms with van der Waals surface area (Å²) in [5.41, 5.74) is 0. The van der Waals surface area contributed by atoms with Crippen molar-refractivity contribution in [1.82, 2.24) is 5.32 Å². The summed E-state index contributed by atoms with van der Waals surface area (Å²) in [7, 11) is 0. The number of aliphatic carboxylic acids is 1. The van der Waals surface area contributed by atoms with Crippen LogP contribution in [0.3, 0.4) is 0 Å². The highest BCUT2D eigenvalue weighted by Gasteiger charge is 2.22. The molecule has 14 heavy (non-hydrogen) atoms. The molecule has 0 aliphatic rings. The standard InChI is InChI=1S/C8H15NO3S2/c1-8(2,3)14-7(12)9-5(13-4)6(10)11/h5H,1-4H3,(H,9,12)(H,10,11). The third-order valence-electron chi connectivity index (χ3n) is 1.11. The number of hydrogen-bond donors (Lipinski definition) is 2. The van der Waals surface area contributed by atoms with Crippen molar-refractivity contribution >= 4 is 34.7 Å². The van der Waals surface area contributed by atoms with E-state index in [1.165, 1.54) is 0 Å². The van der Waals surface area contributed by atoms with Gasteiger partial charge in [0, 0.05) is 4.75 Å². The van der Waals surface area contributed by atoms with Gasteiger partial charge in [-0.2, -0.15) is 0 Å². The van der Waals surface area contributed by atoms with E-state index < -0.39 is 11.3 Å². The second-order valence-corrected chi connectivity index (χ2v) is 6.34. The summed E-state index contributed by atoms with van der Waals surface area (Å²) in [5.74, 6) is -1.03. The van der Waals surface area contributed by atoms with Gasteiger partial charge in [-0.3, -0.25) is 4.79 Å². The minimum Gasteiger partial charge on any atom is -0.479 e. The third kappa shape index (κ3) is 6.15. The molecule has 2 N–H and O–H groups in total. The Morgan fingerprint density at radius 2 is 1.86 bits per heavy atom. The lowest BCUT2D eigenvalue weighted by atomic mass is 10.3. The molecule has 0 rings (SSSR count). The Kier molecular flexibility index (Phi) is 5.36. The molecular weight excluding hydrogens is 222 g/mol. The van der Waals surface area contributed by atoms with Gasteiger partial charge in [0.2, 0.25) is 0 Å². The second kappa shape index (κ2) is 5.50. The van der Waals surface area contributed by atoms with E-state index >= 15 is 0 Å². The number of carboxylic acid groups (broad SMARTS) is 1. The first-order valence-electron chi connectivity index (χ1n) is 4.01. The largest absolute Gasteiger partial charge is 0.479 e. The quantitative estimate of drug-likeness (QED) is 0.735. The Morgan fingerprint density at radius 3 is 2.14 bits per heavy atom. The first-order valence-corrected chi connectivity index (χ1v) is 6.12. The summed E-state index contributed by atoms with van der Waals surface area (Å²) >= 11 is 2.18. The Labute approximate surface area is 92.2 Å². The van der Waals surface area contributed by atoms with Crippen LogP contribution in [0.2, 0.25) is 0 Å². The number of carbonyl (C=O) groups is 2. The van der Waals surface area contributed by atoms with Crippen LogP contribution >= 0.6 is 23.5 Å². The molecule has 0 saturated carbocycles. The van der Waals surface area contributed by atoms with Gasteiger partial charge in [0.15, 0.2) is 5.37 Å². The van der Waals surface area contributed by atoms with E-state index in [0.717, 1.165) is 23.5 Å². The van der Waals surface area contributed by atoms with Crippen LogP contribution in [0.15, 0.2) is 0 Å². The molecule has 0 fully saturated rings. The Morgan fingerprint density at radius 1 is 1.36 bits per heavy atom. The fourth-order valence-electron chi connectivity index (χ4n) is 0.636. The monoisotopic (exact) mass is 237 g/mol. The van der Waals surface area contributed by atoms with Crippen LogP contribution < -0.4 is 5.32 Å². The van der Waals surface area contributed by atoms with Crippen molar-refractivity contribution in [1.29, 1.82) is 0 Å². The number of thioether (sulfide) groups is 2. The number of carboxylic acids is 1. The molecule has 0 bridgehead atoms. The molecule has 0 aliphatic carbocycles. The van der Waals surface area contributed by atoms with Gasteiger partial charge in [-0.25, -0.2) is 4.79 Å². The highest BCUT2D eigenvalue weighted by molar-refractivity contribution is 8.14. The van der Waals surface area contributed by atoms with Gasteiger partial charge in [-0.05, 0) is 6.26 Å². The van der Waals surface area contributed by atoms with Crippen LogP contribution in [0.4, 0.5) is 4.79 Å². The molecule has 0 aliphatic heterocycles. The first kappa shape index (κ1) is 13.6. The number of carbonyl (C=O) groups excluding carboxylic acids is 1. The van der Waals surface area contributed by atoms with Crippen molar-refractivity contribution in [3.63, 3.8) is 0 Å². The van der Waals surface area contributed by atoms with Gasteiger partial charge >= 0.3 is 5.97 Å². The van der Waals surface area contributed by atoms with Crippen LogP contribution in [0, 0.1) is 0 Å². The van der Waals surface area contributed by atoms with Gasteiger partial charge in [-0.15, -0.1) is 11.8 Å². The van der Waals surface area contributed by atoms with Gasteiger partial charge < -0.3 is 10.4 Å². The summed E-state index contributed by atoms with van der Waals surface area (Å²) < 4.78 is -0.203.